The highest BCUT2D eigenvalue weighted by Crippen LogP contribution is 2.35. The predicted octanol–water partition coefficient (Wildman–Crippen LogP) is 3.57. The molecule has 2 atom stereocenters. The number of benzene rings is 1. The van der Waals surface area contributed by atoms with E-state index in [9.17, 15) is 9.59 Å². The molecule has 2 unspecified atom stereocenters. The molecule has 0 spiro atoms. The van der Waals surface area contributed by atoms with Gasteiger partial charge in [0, 0.05) is 23.5 Å². The maximum atomic E-state index is 12.3. The van der Waals surface area contributed by atoms with Crippen molar-refractivity contribution >= 4 is 28.0 Å². The van der Waals surface area contributed by atoms with E-state index in [0.717, 1.165) is 10.0 Å². The number of esters is 1. The number of rotatable bonds is 2. The van der Waals surface area contributed by atoms with Crippen molar-refractivity contribution in [3.05, 3.63) is 34.3 Å². The van der Waals surface area contributed by atoms with Crippen molar-refractivity contribution in [2.45, 2.75) is 32.3 Å². The van der Waals surface area contributed by atoms with Crippen LogP contribution in [-0.4, -0.2) is 42.8 Å². The van der Waals surface area contributed by atoms with Gasteiger partial charge in [-0.3, -0.25) is 4.79 Å². The van der Waals surface area contributed by atoms with Gasteiger partial charge in [-0.25, -0.2) is 4.79 Å². The molecule has 0 aliphatic carbocycles. The second-order valence-corrected chi connectivity index (χ2v) is 7.59. The summed E-state index contributed by atoms with van der Waals surface area (Å²) in [6.45, 7) is 6.21. The van der Waals surface area contributed by atoms with E-state index in [1.165, 1.54) is 7.11 Å². The summed E-state index contributed by atoms with van der Waals surface area (Å²) in [6.07, 6.45) is -0.399. The van der Waals surface area contributed by atoms with Gasteiger partial charge in [-0.1, -0.05) is 28.1 Å². The van der Waals surface area contributed by atoms with Crippen molar-refractivity contribution in [3.8, 4) is 0 Å². The molecule has 1 fully saturated rings. The number of hydrogen-bond donors (Lipinski definition) is 0. The van der Waals surface area contributed by atoms with E-state index in [0.29, 0.717) is 13.1 Å². The van der Waals surface area contributed by atoms with Gasteiger partial charge >= 0.3 is 12.1 Å². The number of methoxy groups -OCH3 is 1. The van der Waals surface area contributed by atoms with Gasteiger partial charge in [-0.15, -0.1) is 0 Å². The Kier molecular flexibility index (Phi) is 5.34. The number of carbonyl (C=O) groups is 2. The van der Waals surface area contributed by atoms with E-state index in [1.807, 2.05) is 45.0 Å². The van der Waals surface area contributed by atoms with Crippen LogP contribution >= 0.6 is 15.9 Å². The lowest BCUT2D eigenvalue weighted by atomic mass is 9.89. The van der Waals surface area contributed by atoms with Crippen LogP contribution in [0.2, 0.25) is 0 Å². The fraction of sp³-hybridized carbons (Fsp3) is 0.529. The Morgan fingerprint density at radius 1 is 1.26 bits per heavy atom. The summed E-state index contributed by atoms with van der Waals surface area (Å²) < 4.78 is 11.3. The van der Waals surface area contributed by atoms with Gasteiger partial charge in [-0.2, -0.15) is 0 Å². The second kappa shape index (κ2) is 6.91. The van der Waals surface area contributed by atoms with Crippen molar-refractivity contribution in [2.24, 2.45) is 5.92 Å². The summed E-state index contributed by atoms with van der Waals surface area (Å²) in [7, 11) is 1.37. The Morgan fingerprint density at radius 2 is 1.96 bits per heavy atom. The summed E-state index contributed by atoms with van der Waals surface area (Å²) in [5, 5.41) is 0. The van der Waals surface area contributed by atoms with Gasteiger partial charge < -0.3 is 14.4 Å². The van der Waals surface area contributed by atoms with Gasteiger partial charge in [0.15, 0.2) is 0 Å². The number of amides is 1. The van der Waals surface area contributed by atoms with Crippen molar-refractivity contribution in [2.75, 3.05) is 20.2 Å². The van der Waals surface area contributed by atoms with E-state index in [2.05, 4.69) is 15.9 Å². The molecular weight excluding hydrogens is 362 g/mol. The molecule has 1 aliphatic rings. The molecule has 1 aromatic rings. The van der Waals surface area contributed by atoms with E-state index >= 15 is 0 Å². The zero-order valence-corrected chi connectivity index (χ0v) is 15.4. The molecule has 23 heavy (non-hydrogen) atoms. The van der Waals surface area contributed by atoms with Crippen LogP contribution in [0.1, 0.15) is 32.3 Å². The molecule has 1 saturated heterocycles. The first kappa shape index (κ1) is 17.8. The number of halogens is 1. The zero-order valence-electron chi connectivity index (χ0n) is 13.8. The lowest BCUT2D eigenvalue weighted by molar-refractivity contribution is -0.145. The molecule has 0 bridgehead atoms. The SMILES string of the molecule is COC(=O)C1CN(C(=O)OC(C)(C)C)CC1c1cccc(Br)c1. The van der Waals surface area contributed by atoms with Crippen LogP contribution in [0.15, 0.2) is 28.7 Å². The Labute approximate surface area is 145 Å². The highest BCUT2D eigenvalue weighted by atomic mass is 79.9. The minimum absolute atomic E-state index is 0.104. The van der Waals surface area contributed by atoms with Crippen LogP contribution in [0.3, 0.4) is 0 Å². The molecule has 0 radical (unpaired) electrons. The Bertz CT molecular complexity index is 597. The van der Waals surface area contributed by atoms with Crippen LogP contribution in [0.5, 0.6) is 0 Å². The molecule has 0 N–H and O–H groups in total. The Balaban J connectivity index is 2.23. The average molecular weight is 384 g/mol. The summed E-state index contributed by atoms with van der Waals surface area (Å²) in [6, 6.07) is 7.78. The van der Waals surface area contributed by atoms with Crippen molar-refractivity contribution in [1.82, 2.24) is 4.90 Å². The van der Waals surface area contributed by atoms with E-state index < -0.39 is 11.7 Å². The molecular formula is C17H22BrNO4. The fourth-order valence-electron chi connectivity index (χ4n) is 2.74. The zero-order chi connectivity index (χ0) is 17.2. The first-order chi connectivity index (χ1) is 10.7. The Morgan fingerprint density at radius 3 is 2.52 bits per heavy atom. The third kappa shape index (κ3) is 4.47. The minimum atomic E-state index is -0.564. The normalized spacial score (nSPS) is 21.2. The van der Waals surface area contributed by atoms with Crippen LogP contribution < -0.4 is 0 Å². The first-order valence-electron chi connectivity index (χ1n) is 7.52. The summed E-state index contributed by atoms with van der Waals surface area (Å²) in [5.74, 6) is -0.796. The van der Waals surface area contributed by atoms with Gasteiger partial charge in [0.25, 0.3) is 0 Å². The number of nitrogens with zero attached hydrogens (tertiary/aromatic N) is 1. The summed E-state index contributed by atoms with van der Waals surface area (Å²) in [5.41, 5.74) is 0.437. The standard InChI is InChI=1S/C17H22BrNO4/c1-17(2,3)23-16(21)19-9-13(14(10-19)15(20)22-4)11-6-5-7-12(18)8-11/h5-8,13-14H,9-10H2,1-4H3. The van der Waals surface area contributed by atoms with Crippen LogP contribution in [0.25, 0.3) is 0 Å². The monoisotopic (exact) mass is 383 g/mol. The van der Waals surface area contributed by atoms with Gasteiger partial charge in [0.2, 0.25) is 0 Å². The number of hydrogen-bond acceptors (Lipinski definition) is 4. The van der Waals surface area contributed by atoms with Crippen LogP contribution in [0.4, 0.5) is 4.79 Å². The molecule has 1 amide bonds. The fourth-order valence-corrected chi connectivity index (χ4v) is 3.16. The lowest BCUT2D eigenvalue weighted by Crippen LogP contribution is -2.36. The quantitative estimate of drug-likeness (QED) is 0.732. The Hall–Kier alpha value is -1.56. The molecule has 1 aromatic carbocycles. The number of ether oxygens (including phenoxy) is 2. The van der Waals surface area contributed by atoms with E-state index in [1.54, 1.807) is 4.90 Å². The van der Waals surface area contributed by atoms with E-state index in [-0.39, 0.29) is 17.8 Å². The van der Waals surface area contributed by atoms with Crippen LogP contribution in [0, 0.1) is 5.92 Å². The average Bonchev–Trinajstić information content (AvgIpc) is 2.90. The number of carbonyl (C=O) groups excluding carboxylic acids is 2. The number of likely N-dealkylation sites (tertiary alicyclic amines) is 1. The van der Waals surface area contributed by atoms with Gasteiger partial charge in [0.05, 0.1) is 13.0 Å². The van der Waals surface area contributed by atoms with Crippen molar-refractivity contribution in [1.29, 1.82) is 0 Å². The third-order valence-corrected chi connectivity index (χ3v) is 4.25. The van der Waals surface area contributed by atoms with Gasteiger partial charge in [-0.05, 0) is 38.5 Å². The van der Waals surface area contributed by atoms with E-state index in [4.69, 9.17) is 9.47 Å². The predicted molar refractivity (Wildman–Crippen MR) is 90.2 cm³/mol. The second-order valence-electron chi connectivity index (χ2n) is 6.68. The van der Waals surface area contributed by atoms with Crippen molar-refractivity contribution in [3.63, 3.8) is 0 Å². The molecule has 0 saturated carbocycles. The molecule has 1 heterocycles. The highest BCUT2D eigenvalue weighted by Gasteiger charge is 2.42. The van der Waals surface area contributed by atoms with Crippen molar-refractivity contribution < 1.29 is 19.1 Å². The molecule has 5 nitrogen and oxygen atoms in total. The lowest BCUT2D eigenvalue weighted by Gasteiger charge is -2.24. The van der Waals surface area contributed by atoms with Crippen LogP contribution in [-0.2, 0) is 14.3 Å². The minimum Gasteiger partial charge on any atom is -0.469 e. The largest absolute Gasteiger partial charge is 0.469 e. The third-order valence-electron chi connectivity index (χ3n) is 3.75. The summed E-state index contributed by atoms with van der Waals surface area (Å²) in [4.78, 5) is 26.0. The molecule has 1 aliphatic heterocycles. The first-order valence-corrected chi connectivity index (χ1v) is 8.32. The highest BCUT2D eigenvalue weighted by molar-refractivity contribution is 9.10. The smallest absolute Gasteiger partial charge is 0.410 e. The topological polar surface area (TPSA) is 55.8 Å². The summed E-state index contributed by atoms with van der Waals surface area (Å²) >= 11 is 3.45. The molecule has 6 heteroatoms. The molecule has 2 rings (SSSR count). The molecule has 126 valence electrons. The maximum Gasteiger partial charge on any atom is 0.410 e. The van der Waals surface area contributed by atoms with Gasteiger partial charge in [0.1, 0.15) is 5.60 Å². The maximum absolute atomic E-state index is 12.3. The molecule has 0 aromatic heterocycles.